The Morgan fingerprint density at radius 1 is 2.00 bits per heavy atom. The van der Waals surface area contributed by atoms with E-state index in [0.717, 1.165) is 12.8 Å². The number of nitrogens with zero attached hydrogens (tertiary/aromatic N) is 1. The van der Waals surface area contributed by atoms with Crippen LogP contribution in [0.2, 0.25) is 0 Å². The van der Waals surface area contributed by atoms with Crippen LogP contribution in [-0.2, 0) is 0 Å². The van der Waals surface area contributed by atoms with Crippen molar-refractivity contribution in [3.8, 4) is 6.07 Å². The van der Waals surface area contributed by atoms with Gasteiger partial charge in [0.2, 0.25) is 0 Å². The molecule has 0 aromatic heterocycles. The molecule has 0 radical (unpaired) electrons. The molecule has 0 saturated heterocycles. The molecule has 1 nitrogen and oxygen atoms in total. The minimum atomic E-state index is -1.60. The van der Waals surface area contributed by atoms with Gasteiger partial charge in [-0.1, -0.05) is 6.92 Å². The number of rotatable bonds is 1. The molecule has 1 fully saturated rings. The second-order valence-corrected chi connectivity index (χ2v) is 2.30. The van der Waals surface area contributed by atoms with Crippen LogP contribution >= 0.6 is 0 Å². The summed E-state index contributed by atoms with van der Waals surface area (Å²) in [6, 6.07) is 1.68. The molecule has 0 spiro atoms. The molecule has 0 aromatic carbocycles. The summed E-state index contributed by atoms with van der Waals surface area (Å²) in [6.45, 7) is 1.82. The van der Waals surface area contributed by atoms with Gasteiger partial charge in [-0.2, -0.15) is 5.26 Å². The highest BCUT2D eigenvalue weighted by molar-refractivity contribution is 4.95. The lowest BCUT2D eigenvalue weighted by Gasteiger charge is -1.94. The van der Waals surface area contributed by atoms with Crippen molar-refractivity contribution in [1.29, 1.82) is 5.26 Å². The van der Waals surface area contributed by atoms with Crippen molar-refractivity contribution in [2.45, 2.75) is 26.1 Å². The predicted octanol–water partition coefficient (Wildman–Crippen LogP) is 1.70. The van der Waals surface area contributed by atoms with Crippen LogP contribution in [0.3, 0.4) is 0 Å². The highest BCUT2D eigenvalue weighted by atomic mass is 14.4. The number of nitriles is 1. The topological polar surface area (TPSA) is 23.8 Å². The Balaban J connectivity index is 2.73. The molecule has 0 N–H and O–H groups in total. The standard InChI is InChI=1S/C6H9N/c1-6(2-3-6)4-5-7/h2-4H2,1H3/i4D2. The quantitative estimate of drug-likeness (QED) is 0.488. The molecule has 1 heteroatoms. The summed E-state index contributed by atoms with van der Waals surface area (Å²) in [7, 11) is 0. The normalized spacial score (nSPS) is 29.7. The first-order valence-electron chi connectivity index (χ1n) is 3.43. The highest BCUT2D eigenvalue weighted by Crippen LogP contribution is 2.47. The molecule has 38 valence electrons. The fraction of sp³-hybridized carbons (Fsp3) is 0.833. The maximum Gasteiger partial charge on any atom is 0.0627 e. The minimum Gasteiger partial charge on any atom is -0.198 e. The lowest BCUT2D eigenvalue weighted by atomic mass is 10.1. The third-order valence-electron chi connectivity index (χ3n) is 1.36. The van der Waals surface area contributed by atoms with Gasteiger partial charge in [0.05, 0.1) is 6.07 Å². The van der Waals surface area contributed by atoms with E-state index in [4.69, 9.17) is 8.00 Å². The van der Waals surface area contributed by atoms with Gasteiger partial charge < -0.3 is 0 Å². The van der Waals surface area contributed by atoms with Crippen molar-refractivity contribution in [3.63, 3.8) is 0 Å². The Labute approximate surface area is 46.8 Å². The van der Waals surface area contributed by atoms with E-state index < -0.39 is 6.37 Å². The van der Waals surface area contributed by atoms with Crippen LogP contribution in [-0.4, -0.2) is 0 Å². The molecule has 0 heterocycles. The molecule has 0 aliphatic heterocycles. The molecule has 0 atom stereocenters. The molecule has 0 unspecified atom stereocenters. The first-order chi connectivity index (χ1) is 4.02. The Morgan fingerprint density at radius 3 is 2.71 bits per heavy atom. The monoisotopic (exact) mass is 97.1 g/mol. The van der Waals surface area contributed by atoms with Crippen LogP contribution < -0.4 is 0 Å². The van der Waals surface area contributed by atoms with Crippen LogP contribution in [0.25, 0.3) is 0 Å². The Hall–Kier alpha value is -0.510. The fourth-order valence-electron chi connectivity index (χ4n) is 0.447. The van der Waals surface area contributed by atoms with E-state index in [1.54, 1.807) is 6.07 Å². The molecule has 0 aromatic rings. The zero-order chi connectivity index (χ0) is 7.12. The molecule has 1 saturated carbocycles. The maximum absolute atomic E-state index is 8.34. The zero-order valence-electron chi connectivity index (χ0n) is 6.36. The second-order valence-electron chi connectivity index (χ2n) is 2.30. The van der Waals surface area contributed by atoms with Gasteiger partial charge in [0, 0.05) is 9.11 Å². The van der Waals surface area contributed by atoms with E-state index in [1.165, 1.54) is 0 Å². The lowest BCUT2D eigenvalue weighted by molar-refractivity contribution is 0.592. The van der Waals surface area contributed by atoms with Gasteiger partial charge in [-0.3, -0.25) is 0 Å². The van der Waals surface area contributed by atoms with Crippen LogP contribution in [0.15, 0.2) is 0 Å². The summed E-state index contributed by atoms with van der Waals surface area (Å²) in [6.07, 6.45) is 0.105. The number of hydrogen-bond donors (Lipinski definition) is 0. The minimum absolute atomic E-state index is 0.332. The van der Waals surface area contributed by atoms with Gasteiger partial charge in [-0.15, -0.1) is 0 Å². The third kappa shape index (κ3) is 0.928. The average molecular weight is 97.2 g/mol. The highest BCUT2D eigenvalue weighted by Gasteiger charge is 2.36. The van der Waals surface area contributed by atoms with Crippen molar-refractivity contribution in [3.05, 3.63) is 0 Å². The largest absolute Gasteiger partial charge is 0.198 e. The third-order valence-corrected chi connectivity index (χ3v) is 1.36. The van der Waals surface area contributed by atoms with Gasteiger partial charge in [0.25, 0.3) is 0 Å². The van der Waals surface area contributed by atoms with E-state index >= 15 is 0 Å². The summed E-state index contributed by atoms with van der Waals surface area (Å²) in [5.41, 5.74) is -0.332. The Morgan fingerprint density at radius 2 is 2.57 bits per heavy atom. The number of hydrogen-bond acceptors (Lipinski definition) is 1. The van der Waals surface area contributed by atoms with Crippen LogP contribution in [0.4, 0.5) is 0 Å². The van der Waals surface area contributed by atoms with Crippen LogP contribution in [0.1, 0.15) is 28.9 Å². The summed E-state index contributed by atoms with van der Waals surface area (Å²) in [4.78, 5) is 0. The maximum atomic E-state index is 8.34. The first kappa shape index (κ1) is 2.71. The molecule has 0 bridgehead atoms. The lowest BCUT2D eigenvalue weighted by Crippen LogP contribution is -1.87. The van der Waals surface area contributed by atoms with Gasteiger partial charge in [-0.25, -0.2) is 0 Å². The Kier molecular flexibility index (Phi) is 0.476. The van der Waals surface area contributed by atoms with Crippen molar-refractivity contribution in [2.75, 3.05) is 0 Å². The average Bonchev–Trinajstić information content (AvgIpc) is 2.49. The van der Waals surface area contributed by atoms with Gasteiger partial charge in [-0.05, 0) is 18.3 Å². The summed E-state index contributed by atoms with van der Waals surface area (Å²) in [5.74, 6) is 0. The van der Waals surface area contributed by atoms with E-state index in [-0.39, 0.29) is 5.41 Å². The molecular weight excluding hydrogens is 86.1 g/mol. The predicted molar refractivity (Wildman–Crippen MR) is 27.6 cm³/mol. The molecular formula is C6H9N. The van der Waals surface area contributed by atoms with Crippen molar-refractivity contribution in [1.82, 2.24) is 0 Å². The van der Waals surface area contributed by atoms with E-state index in [2.05, 4.69) is 0 Å². The van der Waals surface area contributed by atoms with Crippen LogP contribution in [0, 0.1) is 16.7 Å². The van der Waals surface area contributed by atoms with E-state index in [1.807, 2.05) is 6.92 Å². The SMILES string of the molecule is [2H]C([2H])(C#N)C1(C)CC1. The van der Waals surface area contributed by atoms with Crippen molar-refractivity contribution < 1.29 is 2.74 Å². The van der Waals surface area contributed by atoms with Gasteiger partial charge >= 0.3 is 0 Å². The van der Waals surface area contributed by atoms with E-state index in [9.17, 15) is 0 Å². The van der Waals surface area contributed by atoms with Gasteiger partial charge in [0.1, 0.15) is 0 Å². The molecule has 7 heavy (non-hydrogen) atoms. The summed E-state index contributed by atoms with van der Waals surface area (Å²) < 4.78 is 14.4. The smallest absolute Gasteiger partial charge is 0.0627 e. The van der Waals surface area contributed by atoms with Crippen molar-refractivity contribution >= 4 is 0 Å². The Bertz CT molecular complexity index is 164. The molecule has 1 aliphatic rings. The summed E-state index contributed by atoms with van der Waals surface area (Å²) in [5, 5.41) is 8.34. The molecule has 1 aliphatic carbocycles. The molecule has 1 rings (SSSR count). The first-order valence-corrected chi connectivity index (χ1v) is 2.43. The molecule has 0 amide bonds. The van der Waals surface area contributed by atoms with E-state index in [0.29, 0.717) is 0 Å². The zero-order valence-corrected chi connectivity index (χ0v) is 4.36. The van der Waals surface area contributed by atoms with Crippen LogP contribution in [0.5, 0.6) is 0 Å². The van der Waals surface area contributed by atoms with Gasteiger partial charge in [0.15, 0.2) is 0 Å². The van der Waals surface area contributed by atoms with Crippen molar-refractivity contribution in [2.24, 2.45) is 5.41 Å². The summed E-state index contributed by atoms with van der Waals surface area (Å²) >= 11 is 0. The second kappa shape index (κ2) is 1.23. The fourth-order valence-corrected chi connectivity index (χ4v) is 0.447.